The number of thioether (sulfide) groups is 1. The largest absolute Gasteiger partial charge is 0.346 e. The highest BCUT2D eigenvalue weighted by atomic mass is 35.5. The van der Waals surface area contributed by atoms with Crippen molar-refractivity contribution in [1.29, 1.82) is 0 Å². The molecule has 1 aliphatic rings. The van der Waals surface area contributed by atoms with Crippen LogP contribution in [0.4, 0.5) is 5.13 Å². The molecule has 1 aromatic heterocycles. The molecule has 0 aromatic carbocycles. The minimum absolute atomic E-state index is 0.781. The van der Waals surface area contributed by atoms with E-state index >= 15 is 0 Å². The molecule has 0 radical (unpaired) electrons. The van der Waals surface area contributed by atoms with Crippen molar-refractivity contribution in [1.82, 2.24) is 4.98 Å². The van der Waals surface area contributed by atoms with Gasteiger partial charge in [-0.3, -0.25) is 0 Å². The number of hydrogen-bond acceptors (Lipinski definition) is 4. The van der Waals surface area contributed by atoms with Crippen molar-refractivity contribution in [3.63, 3.8) is 0 Å². The second-order valence-electron chi connectivity index (χ2n) is 2.55. The third-order valence-corrected chi connectivity index (χ3v) is 3.87. The Hall–Kier alpha value is 0.0700. The van der Waals surface area contributed by atoms with Gasteiger partial charge in [0.05, 0.1) is 6.20 Å². The molecular formula is C7H9ClN2S2. The zero-order valence-electron chi connectivity index (χ0n) is 6.49. The normalized spacial score (nSPS) is 18.2. The van der Waals surface area contributed by atoms with Gasteiger partial charge >= 0.3 is 0 Å². The Bertz CT molecular complexity index is 258. The van der Waals surface area contributed by atoms with Crippen LogP contribution in [0.5, 0.6) is 0 Å². The lowest BCUT2D eigenvalue weighted by Gasteiger charge is -2.25. The summed E-state index contributed by atoms with van der Waals surface area (Å²) in [4.78, 5) is 6.54. The van der Waals surface area contributed by atoms with Gasteiger partial charge in [-0.1, -0.05) is 22.9 Å². The van der Waals surface area contributed by atoms with E-state index in [2.05, 4.69) is 9.88 Å². The smallest absolute Gasteiger partial charge is 0.186 e. The summed E-state index contributed by atoms with van der Waals surface area (Å²) in [5.41, 5.74) is 0. The molecule has 0 amide bonds. The first-order valence-corrected chi connectivity index (χ1v) is 6.15. The second-order valence-corrected chi connectivity index (χ2v) is 5.41. The van der Waals surface area contributed by atoms with Gasteiger partial charge in [-0.2, -0.15) is 11.8 Å². The highest BCUT2D eigenvalue weighted by Crippen LogP contribution is 2.27. The maximum absolute atomic E-state index is 5.80. The minimum Gasteiger partial charge on any atom is -0.346 e. The molecule has 1 aliphatic heterocycles. The fourth-order valence-electron chi connectivity index (χ4n) is 1.15. The molecule has 0 spiro atoms. The SMILES string of the molecule is Clc1cnc(N2CCSCC2)s1. The molecule has 1 saturated heterocycles. The first-order valence-electron chi connectivity index (χ1n) is 3.80. The summed E-state index contributed by atoms with van der Waals surface area (Å²) in [6, 6.07) is 0. The predicted octanol–water partition coefficient (Wildman–Crippen LogP) is 2.35. The zero-order valence-corrected chi connectivity index (χ0v) is 8.88. The van der Waals surface area contributed by atoms with Gasteiger partial charge < -0.3 is 4.90 Å². The summed E-state index contributed by atoms with van der Waals surface area (Å²) in [5.74, 6) is 2.41. The Labute approximate surface area is 84.9 Å². The Morgan fingerprint density at radius 1 is 1.42 bits per heavy atom. The molecule has 2 rings (SSSR count). The molecular weight excluding hydrogens is 212 g/mol. The number of nitrogens with zero attached hydrogens (tertiary/aromatic N) is 2. The summed E-state index contributed by atoms with van der Waals surface area (Å²) in [6.45, 7) is 2.21. The maximum Gasteiger partial charge on any atom is 0.186 e. The molecule has 12 heavy (non-hydrogen) atoms. The third kappa shape index (κ3) is 1.87. The topological polar surface area (TPSA) is 16.1 Å². The first-order chi connectivity index (χ1) is 5.86. The van der Waals surface area contributed by atoms with Gasteiger partial charge in [0.1, 0.15) is 4.34 Å². The van der Waals surface area contributed by atoms with Gasteiger partial charge in [0.2, 0.25) is 0 Å². The van der Waals surface area contributed by atoms with E-state index in [1.807, 2.05) is 11.8 Å². The molecule has 0 bridgehead atoms. The van der Waals surface area contributed by atoms with E-state index in [0.717, 1.165) is 22.6 Å². The standard InChI is InChI=1S/C7H9ClN2S2/c8-6-5-9-7(12-6)10-1-3-11-4-2-10/h5H,1-4H2. The zero-order chi connectivity index (χ0) is 8.39. The van der Waals surface area contributed by atoms with Crippen LogP contribution in [0.2, 0.25) is 4.34 Å². The van der Waals surface area contributed by atoms with E-state index in [4.69, 9.17) is 11.6 Å². The minimum atomic E-state index is 0.781. The van der Waals surface area contributed by atoms with E-state index in [-0.39, 0.29) is 0 Å². The maximum atomic E-state index is 5.80. The molecule has 66 valence electrons. The van der Waals surface area contributed by atoms with Crippen molar-refractivity contribution in [2.75, 3.05) is 29.5 Å². The van der Waals surface area contributed by atoms with Gasteiger partial charge in [-0.15, -0.1) is 0 Å². The van der Waals surface area contributed by atoms with Crippen LogP contribution < -0.4 is 4.90 Å². The number of rotatable bonds is 1. The molecule has 0 unspecified atom stereocenters. The van der Waals surface area contributed by atoms with Crippen molar-refractivity contribution >= 4 is 39.8 Å². The molecule has 2 nitrogen and oxygen atoms in total. The lowest BCUT2D eigenvalue weighted by molar-refractivity contribution is 0.853. The van der Waals surface area contributed by atoms with Crippen molar-refractivity contribution in [2.24, 2.45) is 0 Å². The Kier molecular flexibility index (Phi) is 2.78. The van der Waals surface area contributed by atoms with Gasteiger partial charge in [0.25, 0.3) is 0 Å². The number of aromatic nitrogens is 1. The van der Waals surface area contributed by atoms with Crippen molar-refractivity contribution < 1.29 is 0 Å². The number of anilines is 1. The molecule has 5 heteroatoms. The van der Waals surface area contributed by atoms with E-state index in [0.29, 0.717) is 0 Å². The monoisotopic (exact) mass is 220 g/mol. The Balaban J connectivity index is 2.08. The van der Waals surface area contributed by atoms with Gasteiger partial charge in [0, 0.05) is 24.6 Å². The summed E-state index contributed by atoms with van der Waals surface area (Å²) in [5, 5.41) is 1.07. The fourth-order valence-corrected chi connectivity index (χ4v) is 3.00. The summed E-state index contributed by atoms with van der Waals surface area (Å²) < 4.78 is 0.781. The van der Waals surface area contributed by atoms with Gasteiger partial charge in [-0.25, -0.2) is 4.98 Å². The molecule has 1 fully saturated rings. The quantitative estimate of drug-likeness (QED) is 0.723. The Morgan fingerprint density at radius 3 is 2.75 bits per heavy atom. The number of thiazole rings is 1. The fraction of sp³-hybridized carbons (Fsp3) is 0.571. The third-order valence-electron chi connectivity index (χ3n) is 1.75. The van der Waals surface area contributed by atoms with Crippen LogP contribution in [-0.2, 0) is 0 Å². The van der Waals surface area contributed by atoms with Gasteiger partial charge in [-0.05, 0) is 0 Å². The van der Waals surface area contributed by atoms with Crippen LogP contribution in [0, 0.1) is 0 Å². The summed E-state index contributed by atoms with van der Waals surface area (Å²) in [7, 11) is 0. The molecule has 1 aromatic rings. The van der Waals surface area contributed by atoms with Crippen LogP contribution in [0.1, 0.15) is 0 Å². The van der Waals surface area contributed by atoms with Crippen LogP contribution in [0.3, 0.4) is 0 Å². The average Bonchev–Trinajstić information content (AvgIpc) is 2.54. The predicted molar refractivity (Wildman–Crippen MR) is 56.7 cm³/mol. The van der Waals surface area contributed by atoms with E-state index in [1.165, 1.54) is 11.5 Å². The molecule has 2 heterocycles. The molecule has 0 saturated carbocycles. The van der Waals surface area contributed by atoms with E-state index in [9.17, 15) is 0 Å². The van der Waals surface area contributed by atoms with E-state index in [1.54, 1.807) is 17.5 Å². The van der Waals surface area contributed by atoms with Gasteiger partial charge in [0.15, 0.2) is 5.13 Å². The molecule has 0 aliphatic carbocycles. The summed E-state index contributed by atoms with van der Waals surface area (Å²) >= 11 is 9.37. The van der Waals surface area contributed by atoms with Crippen molar-refractivity contribution in [3.8, 4) is 0 Å². The highest BCUT2D eigenvalue weighted by molar-refractivity contribution is 7.99. The Morgan fingerprint density at radius 2 is 2.17 bits per heavy atom. The van der Waals surface area contributed by atoms with Crippen molar-refractivity contribution in [2.45, 2.75) is 0 Å². The van der Waals surface area contributed by atoms with Crippen molar-refractivity contribution in [3.05, 3.63) is 10.5 Å². The van der Waals surface area contributed by atoms with Crippen LogP contribution in [0.25, 0.3) is 0 Å². The first kappa shape index (κ1) is 8.66. The van der Waals surface area contributed by atoms with Crippen LogP contribution >= 0.6 is 34.7 Å². The second kappa shape index (κ2) is 3.85. The van der Waals surface area contributed by atoms with Crippen LogP contribution in [-0.4, -0.2) is 29.6 Å². The lowest BCUT2D eigenvalue weighted by Crippen LogP contribution is -2.32. The average molecular weight is 221 g/mol. The number of halogens is 1. The van der Waals surface area contributed by atoms with Crippen LogP contribution in [0.15, 0.2) is 6.20 Å². The highest BCUT2D eigenvalue weighted by Gasteiger charge is 2.13. The lowest BCUT2D eigenvalue weighted by atomic mass is 10.5. The molecule has 0 N–H and O–H groups in total. The summed E-state index contributed by atoms with van der Waals surface area (Å²) in [6.07, 6.45) is 1.73. The number of hydrogen-bond donors (Lipinski definition) is 0. The molecule has 0 atom stereocenters. The van der Waals surface area contributed by atoms with E-state index < -0.39 is 0 Å².